The molecule has 0 aromatic rings. The maximum absolute atomic E-state index is 6.36. The van der Waals surface area contributed by atoms with Gasteiger partial charge in [-0.1, -0.05) is 0 Å². The lowest BCUT2D eigenvalue weighted by molar-refractivity contribution is -0.516. The summed E-state index contributed by atoms with van der Waals surface area (Å²) in [6.45, 7) is 12.7. The molecule has 0 amide bonds. The van der Waals surface area contributed by atoms with E-state index in [1.165, 1.54) is 0 Å². The molecule has 0 fully saturated rings. The zero-order valence-corrected chi connectivity index (χ0v) is 16.3. The molecule has 0 aliphatic heterocycles. The number of rotatable bonds is 14. The molecule has 137 valence electrons. The molecule has 0 aliphatic rings. The minimum atomic E-state index is -1.69. The second kappa shape index (κ2) is 10.7. The summed E-state index contributed by atoms with van der Waals surface area (Å²) >= 11 is 0. The third kappa shape index (κ3) is 4.96. The molecule has 0 spiro atoms. The molecule has 2 N–H and O–H groups in total. The average molecular weight is 351 g/mol. The van der Waals surface area contributed by atoms with E-state index >= 15 is 0 Å². The highest BCUT2D eigenvalue weighted by molar-refractivity contribution is 6.15. The predicted molar refractivity (Wildman–Crippen MR) is 87.9 cm³/mol. The second-order valence-corrected chi connectivity index (χ2v) is 5.25. The highest BCUT2D eigenvalue weighted by Crippen LogP contribution is 2.41. The third-order valence-corrected chi connectivity index (χ3v) is 3.44. The summed E-state index contributed by atoms with van der Waals surface area (Å²) in [6, 6.07) is 0. The van der Waals surface area contributed by atoms with Crippen LogP contribution < -0.4 is 5.73 Å². The Morgan fingerprint density at radius 3 is 1.17 bits per heavy atom. The van der Waals surface area contributed by atoms with Gasteiger partial charge < -0.3 is 34.2 Å². The average Bonchev–Trinajstić information content (AvgIpc) is 2.47. The molecule has 0 aliphatic carbocycles. The van der Waals surface area contributed by atoms with Gasteiger partial charge in [-0.05, 0) is 41.5 Å². The fourth-order valence-corrected chi connectivity index (χ4v) is 2.81. The summed E-state index contributed by atoms with van der Waals surface area (Å²) in [7, 11) is 3.44. The fourth-order valence-electron chi connectivity index (χ4n) is 2.37. The smallest absolute Gasteiger partial charge is 0.344 e. The van der Waals surface area contributed by atoms with Crippen LogP contribution in [0.3, 0.4) is 0 Å². The van der Waals surface area contributed by atoms with Crippen molar-refractivity contribution in [1.29, 1.82) is 0 Å². The first kappa shape index (κ1) is 22.9. The largest absolute Gasteiger partial charge is 0.359 e. The van der Waals surface area contributed by atoms with Gasteiger partial charge in [0.15, 0.2) is 5.35 Å². The Morgan fingerprint density at radius 2 is 0.913 bits per heavy atom. The van der Waals surface area contributed by atoms with Gasteiger partial charge in [-0.15, -0.1) is 0 Å². The van der Waals surface area contributed by atoms with Gasteiger partial charge in [-0.3, -0.25) is 0 Å². The van der Waals surface area contributed by atoms with Crippen LogP contribution in [0, 0.1) is 0 Å². The van der Waals surface area contributed by atoms with Gasteiger partial charge in [0.1, 0.15) is 10.2 Å². The van der Waals surface area contributed by atoms with Gasteiger partial charge >= 0.3 is 5.97 Å². The van der Waals surface area contributed by atoms with Crippen LogP contribution in [0.15, 0.2) is 0 Å². The van der Waals surface area contributed by atoms with Gasteiger partial charge in [0.05, 0.1) is 0 Å². The van der Waals surface area contributed by atoms with E-state index in [-0.39, 0.29) is 13.2 Å². The van der Waals surface area contributed by atoms with Crippen molar-refractivity contribution in [2.24, 2.45) is 5.73 Å². The maximum atomic E-state index is 6.36. The van der Waals surface area contributed by atoms with Crippen molar-refractivity contribution in [2.45, 2.75) is 58.7 Å². The zero-order chi connectivity index (χ0) is 18.0. The van der Waals surface area contributed by atoms with Gasteiger partial charge in [0.2, 0.25) is 0 Å². The molecule has 3 radical (unpaired) electrons. The summed E-state index contributed by atoms with van der Waals surface area (Å²) < 4.78 is 35.0. The molecule has 0 heterocycles. The molecular weight excluding hydrogens is 318 g/mol. The number of nitrogens with two attached hydrogens (primary N) is 1. The standard InChI is InChI=1S/C15H32NO6Si/c1-7-17-13(18-8-2,14(16,23)19-9-3)15(20-10-4,21-11-5)22-12-6/h7-12,16H2,1-6H3. The molecule has 0 bridgehead atoms. The Bertz CT molecular complexity index is 293. The molecule has 0 rings (SSSR count). The van der Waals surface area contributed by atoms with E-state index in [4.69, 9.17) is 34.2 Å². The van der Waals surface area contributed by atoms with E-state index in [1.807, 2.05) is 41.5 Å². The first-order valence-electron chi connectivity index (χ1n) is 8.24. The minimum absolute atomic E-state index is 0.283. The van der Waals surface area contributed by atoms with Crippen LogP contribution >= 0.6 is 0 Å². The van der Waals surface area contributed by atoms with Crippen LogP contribution in [0.4, 0.5) is 0 Å². The van der Waals surface area contributed by atoms with Gasteiger partial charge in [0.25, 0.3) is 5.79 Å². The lowest BCUT2D eigenvalue weighted by Gasteiger charge is -2.52. The van der Waals surface area contributed by atoms with Crippen LogP contribution in [-0.2, 0) is 28.4 Å². The van der Waals surface area contributed by atoms with Crippen molar-refractivity contribution >= 4 is 10.2 Å². The van der Waals surface area contributed by atoms with Gasteiger partial charge in [0, 0.05) is 39.6 Å². The highest BCUT2D eigenvalue weighted by Gasteiger charge is 2.67. The van der Waals surface area contributed by atoms with Crippen molar-refractivity contribution in [3.8, 4) is 0 Å². The van der Waals surface area contributed by atoms with Gasteiger partial charge in [-0.25, -0.2) is 0 Å². The van der Waals surface area contributed by atoms with E-state index in [1.54, 1.807) is 0 Å². The summed E-state index contributed by atoms with van der Waals surface area (Å²) in [4.78, 5) is 0. The molecule has 0 saturated carbocycles. The molecule has 0 saturated heterocycles. The molecule has 23 heavy (non-hydrogen) atoms. The van der Waals surface area contributed by atoms with Crippen molar-refractivity contribution in [1.82, 2.24) is 0 Å². The van der Waals surface area contributed by atoms with Crippen LogP contribution in [0.25, 0.3) is 0 Å². The molecule has 8 heteroatoms. The summed E-state index contributed by atoms with van der Waals surface area (Å²) in [5.41, 5.74) is 6.36. The lowest BCUT2D eigenvalue weighted by Crippen LogP contribution is -2.77. The Balaban J connectivity index is 6.25. The Labute approximate surface area is 143 Å². The number of hydrogen-bond donors (Lipinski definition) is 1. The summed E-state index contributed by atoms with van der Waals surface area (Å²) in [5.74, 6) is -3.37. The first-order chi connectivity index (χ1) is 10.9. The Hall–Kier alpha value is -0.0631. The Kier molecular flexibility index (Phi) is 10.7. The van der Waals surface area contributed by atoms with Crippen LogP contribution in [-0.4, -0.2) is 67.0 Å². The monoisotopic (exact) mass is 350 g/mol. The topological polar surface area (TPSA) is 81.4 Å². The Morgan fingerprint density at radius 1 is 0.609 bits per heavy atom. The number of ether oxygens (including phenoxy) is 6. The predicted octanol–water partition coefficient (Wildman–Crippen LogP) is 1.34. The third-order valence-electron chi connectivity index (χ3n) is 2.96. The molecule has 1 atom stereocenters. The quantitative estimate of drug-likeness (QED) is 0.374. The SMILES string of the molecule is CCOC(N)([Si])C(OCC)(OCC)C(OCC)(OCC)OCC. The highest BCUT2D eigenvalue weighted by atomic mass is 28.1. The van der Waals surface area contributed by atoms with Crippen LogP contribution in [0.5, 0.6) is 0 Å². The van der Waals surface area contributed by atoms with E-state index in [2.05, 4.69) is 10.2 Å². The molecule has 0 aromatic carbocycles. The zero-order valence-electron chi connectivity index (χ0n) is 15.3. The van der Waals surface area contributed by atoms with Crippen molar-refractivity contribution in [2.75, 3.05) is 39.6 Å². The van der Waals surface area contributed by atoms with E-state index in [0.717, 1.165) is 0 Å². The first-order valence-corrected chi connectivity index (χ1v) is 8.74. The summed E-state index contributed by atoms with van der Waals surface area (Å²) in [6.07, 6.45) is 0. The maximum Gasteiger partial charge on any atom is 0.344 e. The van der Waals surface area contributed by atoms with E-state index < -0.39 is 17.1 Å². The molecule has 7 nitrogen and oxygen atoms in total. The molecule has 0 aromatic heterocycles. The van der Waals surface area contributed by atoms with Crippen molar-refractivity contribution < 1.29 is 28.4 Å². The molecule has 1 unspecified atom stereocenters. The fraction of sp³-hybridized carbons (Fsp3) is 1.00. The van der Waals surface area contributed by atoms with E-state index in [9.17, 15) is 0 Å². The van der Waals surface area contributed by atoms with Crippen LogP contribution in [0.1, 0.15) is 41.5 Å². The normalized spacial score (nSPS) is 15.7. The van der Waals surface area contributed by atoms with E-state index in [0.29, 0.717) is 26.4 Å². The lowest BCUT2D eigenvalue weighted by atomic mass is 10.1. The second-order valence-electron chi connectivity index (χ2n) is 4.51. The van der Waals surface area contributed by atoms with Crippen LogP contribution in [0.2, 0.25) is 0 Å². The van der Waals surface area contributed by atoms with Crippen molar-refractivity contribution in [3.63, 3.8) is 0 Å². The minimum Gasteiger partial charge on any atom is -0.359 e. The summed E-state index contributed by atoms with van der Waals surface area (Å²) in [5, 5.41) is -1.56. The molecular formula is C15H32NO6Si. The number of hydrogen-bond acceptors (Lipinski definition) is 7. The van der Waals surface area contributed by atoms with Crippen molar-refractivity contribution in [3.05, 3.63) is 0 Å². The van der Waals surface area contributed by atoms with Gasteiger partial charge in [-0.2, -0.15) is 0 Å².